The highest BCUT2D eigenvalue weighted by atomic mass is 16.2. The number of hydrogen-bond acceptors (Lipinski definition) is 5. The van der Waals surface area contributed by atoms with Crippen molar-refractivity contribution in [2.24, 2.45) is 0 Å². The standard InChI is InChI=1S/C18H19N5O4/c19-11-13-1-3-14(4-2-13)20-18(27)22-9-7-21(8-10-22)17(26)12-23-15(24)5-6-16(23)25/h1-4H,5-10,12H2,(H,20,27). The molecular weight excluding hydrogens is 350 g/mol. The van der Waals surface area contributed by atoms with Crippen LogP contribution in [0.25, 0.3) is 0 Å². The van der Waals surface area contributed by atoms with E-state index in [1.165, 1.54) is 0 Å². The summed E-state index contributed by atoms with van der Waals surface area (Å²) < 4.78 is 0. The van der Waals surface area contributed by atoms with E-state index in [0.29, 0.717) is 37.4 Å². The van der Waals surface area contributed by atoms with Crippen molar-refractivity contribution in [3.05, 3.63) is 29.8 Å². The summed E-state index contributed by atoms with van der Waals surface area (Å²) in [4.78, 5) is 52.0. The molecule has 1 aromatic rings. The van der Waals surface area contributed by atoms with Gasteiger partial charge in [0, 0.05) is 44.7 Å². The molecule has 0 aliphatic carbocycles. The minimum atomic E-state index is -0.311. The maximum absolute atomic E-state index is 12.3. The molecule has 2 aliphatic heterocycles. The summed E-state index contributed by atoms with van der Waals surface area (Å²) in [6.45, 7) is 1.17. The maximum atomic E-state index is 12.3. The second kappa shape index (κ2) is 7.86. The van der Waals surface area contributed by atoms with Gasteiger partial charge < -0.3 is 15.1 Å². The first-order valence-corrected chi connectivity index (χ1v) is 8.65. The van der Waals surface area contributed by atoms with Crippen LogP contribution in [0.4, 0.5) is 10.5 Å². The largest absolute Gasteiger partial charge is 0.338 e. The Morgan fingerprint density at radius 1 is 0.963 bits per heavy atom. The number of piperazine rings is 1. The Bertz CT molecular complexity index is 790. The molecule has 5 amide bonds. The molecule has 0 unspecified atom stereocenters. The summed E-state index contributed by atoms with van der Waals surface area (Å²) in [6, 6.07) is 8.27. The molecule has 9 heteroatoms. The smallest absolute Gasteiger partial charge is 0.321 e. The SMILES string of the molecule is N#Cc1ccc(NC(=O)N2CCN(C(=O)CN3C(=O)CCC3=O)CC2)cc1. The molecule has 0 radical (unpaired) electrons. The maximum Gasteiger partial charge on any atom is 0.321 e. The van der Waals surface area contributed by atoms with Crippen molar-refractivity contribution >= 4 is 29.4 Å². The normalized spacial score (nSPS) is 17.1. The topological polar surface area (TPSA) is 114 Å². The van der Waals surface area contributed by atoms with Gasteiger partial charge in [-0.3, -0.25) is 19.3 Å². The van der Waals surface area contributed by atoms with Gasteiger partial charge in [0.15, 0.2) is 0 Å². The molecule has 2 heterocycles. The summed E-state index contributed by atoms with van der Waals surface area (Å²) in [5, 5.41) is 11.5. The van der Waals surface area contributed by atoms with Crippen molar-refractivity contribution in [3.63, 3.8) is 0 Å². The molecule has 1 aromatic carbocycles. The molecule has 0 aromatic heterocycles. The van der Waals surface area contributed by atoms with Gasteiger partial charge in [-0.05, 0) is 24.3 Å². The summed E-state index contributed by atoms with van der Waals surface area (Å²) >= 11 is 0. The minimum Gasteiger partial charge on any atom is -0.338 e. The van der Waals surface area contributed by atoms with Crippen LogP contribution in [-0.4, -0.2) is 71.2 Å². The van der Waals surface area contributed by atoms with Crippen LogP contribution < -0.4 is 5.32 Å². The molecular formula is C18H19N5O4. The van der Waals surface area contributed by atoms with E-state index in [9.17, 15) is 19.2 Å². The van der Waals surface area contributed by atoms with Crippen molar-refractivity contribution in [1.82, 2.24) is 14.7 Å². The van der Waals surface area contributed by atoms with Crippen LogP contribution in [0.3, 0.4) is 0 Å². The molecule has 2 saturated heterocycles. The van der Waals surface area contributed by atoms with Gasteiger partial charge in [0.1, 0.15) is 6.54 Å². The van der Waals surface area contributed by atoms with Crippen LogP contribution in [0.2, 0.25) is 0 Å². The van der Waals surface area contributed by atoms with Crippen LogP contribution in [-0.2, 0) is 14.4 Å². The van der Waals surface area contributed by atoms with Gasteiger partial charge in [0.2, 0.25) is 17.7 Å². The molecule has 0 spiro atoms. The lowest BCUT2D eigenvalue weighted by Gasteiger charge is -2.35. The summed E-state index contributed by atoms with van der Waals surface area (Å²) in [5.74, 6) is -0.909. The Hall–Kier alpha value is -3.41. The number of carbonyl (C=O) groups excluding carboxylic acids is 4. The number of rotatable bonds is 3. The number of nitrogens with zero attached hydrogens (tertiary/aromatic N) is 4. The summed E-state index contributed by atoms with van der Waals surface area (Å²) in [5.41, 5.74) is 1.10. The number of likely N-dealkylation sites (tertiary alicyclic amines) is 1. The fourth-order valence-electron chi connectivity index (χ4n) is 3.02. The van der Waals surface area contributed by atoms with Crippen molar-refractivity contribution in [1.29, 1.82) is 5.26 Å². The number of nitriles is 1. The first-order chi connectivity index (χ1) is 13.0. The zero-order valence-electron chi connectivity index (χ0n) is 14.7. The lowest BCUT2D eigenvalue weighted by atomic mass is 10.2. The van der Waals surface area contributed by atoms with E-state index < -0.39 is 0 Å². The lowest BCUT2D eigenvalue weighted by Crippen LogP contribution is -2.53. The second-order valence-corrected chi connectivity index (χ2v) is 6.36. The number of imide groups is 1. The number of nitrogens with one attached hydrogen (secondary N) is 1. The quantitative estimate of drug-likeness (QED) is 0.774. The molecule has 1 N–H and O–H groups in total. The third kappa shape index (κ3) is 4.23. The lowest BCUT2D eigenvalue weighted by molar-refractivity contribution is -0.146. The molecule has 2 aliphatic rings. The monoisotopic (exact) mass is 369 g/mol. The number of anilines is 1. The molecule has 9 nitrogen and oxygen atoms in total. The minimum absolute atomic E-state index is 0.162. The Morgan fingerprint density at radius 3 is 2.07 bits per heavy atom. The van der Waals surface area contributed by atoms with Crippen LogP contribution in [0, 0.1) is 11.3 Å². The average molecular weight is 369 g/mol. The highest BCUT2D eigenvalue weighted by molar-refractivity contribution is 6.04. The number of urea groups is 1. The van der Waals surface area contributed by atoms with Crippen LogP contribution in [0.1, 0.15) is 18.4 Å². The number of hydrogen-bond donors (Lipinski definition) is 1. The van der Waals surface area contributed by atoms with E-state index in [1.54, 1.807) is 34.1 Å². The number of benzene rings is 1. The fraction of sp³-hybridized carbons (Fsp3) is 0.389. The first-order valence-electron chi connectivity index (χ1n) is 8.65. The second-order valence-electron chi connectivity index (χ2n) is 6.36. The molecule has 0 atom stereocenters. The molecule has 27 heavy (non-hydrogen) atoms. The van der Waals surface area contributed by atoms with E-state index in [-0.39, 0.29) is 43.1 Å². The molecule has 2 fully saturated rings. The zero-order valence-corrected chi connectivity index (χ0v) is 14.7. The van der Waals surface area contributed by atoms with Gasteiger partial charge in [-0.1, -0.05) is 0 Å². The van der Waals surface area contributed by atoms with Crippen LogP contribution in [0.15, 0.2) is 24.3 Å². The van der Waals surface area contributed by atoms with E-state index in [4.69, 9.17) is 5.26 Å². The van der Waals surface area contributed by atoms with E-state index >= 15 is 0 Å². The van der Waals surface area contributed by atoms with Crippen LogP contribution in [0.5, 0.6) is 0 Å². The summed E-state index contributed by atoms with van der Waals surface area (Å²) in [6.07, 6.45) is 0.324. The van der Waals surface area contributed by atoms with Crippen molar-refractivity contribution in [2.45, 2.75) is 12.8 Å². The highest BCUT2D eigenvalue weighted by Crippen LogP contribution is 2.14. The van der Waals surface area contributed by atoms with Crippen molar-refractivity contribution in [2.75, 3.05) is 38.0 Å². The Balaban J connectivity index is 1.48. The van der Waals surface area contributed by atoms with Gasteiger partial charge in [-0.25, -0.2) is 4.79 Å². The molecule has 0 saturated carbocycles. The third-order valence-corrected chi connectivity index (χ3v) is 4.63. The predicted molar refractivity (Wildman–Crippen MR) is 94.3 cm³/mol. The highest BCUT2D eigenvalue weighted by Gasteiger charge is 2.33. The van der Waals surface area contributed by atoms with Crippen LogP contribution >= 0.6 is 0 Å². The Labute approximate surface area is 156 Å². The van der Waals surface area contributed by atoms with E-state index in [2.05, 4.69) is 5.32 Å². The van der Waals surface area contributed by atoms with E-state index in [0.717, 1.165) is 4.90 Å². The van der Waals surface area contributed by atoms with Gasteiger partial charge >= 0.3 is 6.03 Å². The fourth-order valence-corrected chi connectivity index (χ4v) is 3.02. The average Bonchev–Trinajstić information content (AvgIpc) is 3.00. The predicted octanol–water partition coefficient (Wildman–Crippen LogP) is 0.383. The third-order valence-electron chi connectivity index (χ3n) is 4.63. The van der Waals surface area contributed by atoms with Crippen molar-refractivity contribution in [3.8, 4) is 6.07 Å². The number of amides is 5. The van der Waals surface area contributed by atoms with Gasteiger partial charge in [0.25, 0.3) is 0 Å². The Kier molecular flexibility index (Phi) is 5.35. The molecule has 140 valence electrons. The Morgan fingerprint density at radius 2 is 1.52 bits per heavy atom. The van der Waals surface area contributed by atoms with Gasteiger partial charge in [0.05, 0.1) is 11.6 Å². The van der Waals surface area contributed by atoms with Gasteiger partial charge in [-0.2, -0.15) is 5.26 Å². The number of carbonyl (C=O) groups is 4. The first kappa shape index (κ1) is 18.4. The molecule has 0 bridgehead atoms. The molecule has 3 rings (SSSR count). The zero-order chi connectivity index (χ0) is 19.4. The summed E-state index contributed by atoms with van der Waals surface area (Å²) in [7, 11) is 0. The van der Waals surface area contributed by atoms with Gasteiger partial charge in [-0.15, -0.1) is 0 Å². The van der Waals surface area contributed by atoms with Crippen molar-refractivity contribution < 1.29 is 19.2 Å². The van der Waals surface area contributed by atoms with E-state index in [1.807, 2.05) is 6.07 Å².